The second-order valence-electron chi connectivity index (χ2n) is 3.81. The number of primary amides is 1. The lowest BCUT2D eigenvalue weighted by atomic mass is 9.86. The maximum Gasteiger partial charge on any atom is 0.220 e. The van der Waals surface area contributed by atoms with Crippen molar-refractivity contribution in [1.29, 1.82) is 0 Å². The highest BCUT2D eigenvalue weighted by Gasteiger charge is 2.47. The van der Waals surface area contributed by atoms with E-state index in [9.17, 15) is 9.90 Å². The smallest absolute Gasteiger partial charge is 0.220 e. The van der Waals surface area contributed by atoms with E-state index in [1.807, 2.05) is 0 Å². The van der Waals surface area contributed by atoms with E-state index in [2.05, 4.69) is 0 Å². The molecule has 0 aromatic carbocycles. The number of rotatable bonds is 1. The molecular formula is C8H13NO2. The molecule has 0 spiro atoms. The van der Waals surface area contributed by atoms with Crippen LogP contribution in [0.15, 0.2) is 0 Å². The molecule has 3 heteroatoms. The van der Waals surface area contributed by atoms with Crippen LogP contribution in [0, 0.1) is 17.8 Å². The van der Waals surface area contributed by atoms with Crippen molar-refractivity contribution in [3.05, 3.63) is 0 Å². The molecule has 0 radical (unpaired) electrons. The molecule has 2 aliphatic carbocycles. The highest BCUT2D eigenvalue weighted by Crippen LogP contribution is 2.48. The summed E-state index contributed by atoms with van der Waals surface area (Å²) in [6, 6.07) is 0. The lowest BCUT2D eigenvalue weighted by Gasteiger charge is -2.22. The predicted octanol–water partition coefficient (Wildman–Crippen LogP) is -0.121. The molecule has 0 aromatic rings. The van der Waals surface area contributed by atoms with E-state index < -0.39 is 0 Å². The molecule has 3 nitrogen and oxygen atoms in total. The lowest BCUT2D eigenvalue weighted by Crippen LogP contribution is -2.34. The molecule has 0 aromatic heterocycles. The van der Waals surface area contributed by atoms with Gasteiger partial charge in [0.2, 0.25) is 5.91 Å². The van der Waals surface area contributed by atoms with Gasteiger partial charge in [-0.15, -0.1) is 0 Å². The third kappa shape index (κ3) is 0.948. The molecule has 2 fully saturated rings. The second kappa shape index (κ2) is 2.21. The molecule has 0 unspecified atom stereocenters. The van der Waals surface area contributed by atoms with Gasteiger partial charge >= 0.3 is 0 Å². The summed E-state index contributed by atoms with van der Waals surface area (Å²) in [7, 11) is 0. The molecule has 2 bridgehead atoms. The van der Waals surface area contributed by atoms with Gasteiger partial charge in [0.1, 0.15) is 0 Å². The van der Waals surface area contributed by atoms with E-state index in [0.29, 0.717) is 5.92 Å². The molecule has 4 atom stereocenters. The first-order chi connectivity index (χ1) is 5.18. The maximum atomic E-state index is 10.8. The number of aliphatic hydroxyl groups is 1. The van der Waals surface area contributed by atoms with Crippen LogP contribution in [0.2, 0.25) is 0 Å². The number of carbonyl (C=O) groups excluding carboxylic acids is 1. The molecule has 0 saturated heterocycles. The molecule has 2 saturated carbocycles. The molecule has 11 heavy (non-hydrogen) atoms. The van der Waals surface area contributed by atoms with Crippen LogP contribution in [-0.2, 0) is 4.79 Å². The van der Waals surface area contributed by atoms with Crippen LogP contribution < -0.4 is 5.73 Å². The van der Waals surface area contributed by atoms with Gasteiger partial charge in [-0.05, 0) is 31.1 Å². The Hall–Kier alpha value is -0.570. The minimum absolute atomic E-state index is 0.0382. The third-order valence-electron chi connectivity index (χ3n) is 3.14. The summed E-state index contributed by atoms with van der Waals surface area (Å²) in [5.41, 5.74) is 5.20. The fraction of sp³-hybridized carbons (Fsp3) is 0.875. The number of carbonyl (C=O) groups is 1. The number of hydrogen-bond donors (Lipinski definition) is 2. The third-order valence-corrected chi connectivity index (χ3v) is 3.14. The van der Waals surface area contributed by atoms with Crippen LogP contribution in [0.5, 0.6) is 0 Å². The summed E-state index contributed by atoms with van der Waals surface area (Å²) in [4.78, 5) is 10.8. The Morgan fingerprint density at radius 2 is 2.09 bits per heavy atom. The van der Waals surface area contributed by atoms with Crippen molar-refractivity contribution in [2.45, 2.75) is 25.4 Å². The van der Waals surface area contributed by atoms with Crippen molar-refractivity contribution < 1.29 is 9.90 Å². The second-order valence-corrected chi connectivity index (χ2v) is 3.81. The van der Waals surface area contributed by atoms with Crippen molar-refractivity contribution >= 4 is 5.91 Å². The van der Waals surface area contributed by atoms with Gasteiger partial charge in [-0.2, -0.15) is 0 Å². The molecule has 3 N–H and O–H groups in total. The average Bonchev–Trinajstić information content (AvgIpc) is 2.43. The van der Waals surface area contributed by atoms with E-state index in [1.165, 1.54) is 0 Å². The molecule has 0 heterocycles. The number of amides is 1. The summed E-state index contributed by atoms with van der Waals surface area (Å²) >= 11 is 0. The quantitative estimate of drug-likeness (QED) is 0.554. The Morgan fingerprint density at radius 1 is 1.36 bits per heavy atom. The van der Waals surface area contributed by atoms with Crippen molar-refractivity contribution in [2.24, 2.45) is 23.5 Å². The first kappa shape index (κ1) is 7.10. The summed E-state index contributed by atoms with van der Waals surface area (Å²) in [6.07, 6.45) is 2.55. The number of aliphatic hydroxyl groups excluding tert-OH is 1. The number of hydrogen-bond acceptors (Lipinski definition) is 2. The van der Waals surface area contributed by atoms with Crippen LogP contribution >= 0.6 is 0 Å². The van der Waals surface area contributed by atoms with Crippen LogP contribution in [0.3, 0.4) is 0 Å². The first-order valence-electron chi connectivity index (χ1n) is 4.16. The summed E-state index contributed by atoms with van der Waals surface area (Å²) in [6.45, 7) is 0. The molecule has 0 aliphatic heterocycles. The average molecular weight is 155 g/mol. The monoisotopic (exact) mass is 155 g/mol. The zero-order chi connectivity index (χ0) is 8.01. The minimum atomic E-state index is -0.258. The fourth-order valence-corrected chi connectivity index (χ4v) is 2.64. The van der Waals surface area contributed by atoms with Gasteiger partial charge in [0.15, 0.2) is 0 Å². The Labute approximate surface area is 65.6 Å². The topological polar surface area (TPSA) is 63.3 Å². The molecule has 1 amide bonds. The van der Waals surface area contributed by atoms with Crippen LogP contribution in [0.4, 0.5) is 0 Å². The van der Waals surface area contributed by atoms with Crippen LogP contribution in [-0.4, -0.2) is 17.1 Å². The number of nitrogens with two attached hydrogens (primary N) is 1. The Morgan fingerprint density at radius 3 is 2.45 bits per heavy atom. The van der Waals surface area contributed by atoms with Crippen molar-refractivity contribution in [2.75, 3.05) is 0 Å². The van der Waals surface area contributed by atoms with E-state index in [1.54, 1.807) is 0 Å². The van der Waals surface area contributed by atoms with Gasteiger partial charge in [0.25, 0.3) is 0 Å². The Bertz CT molecular complexity index is 193. The normalized spacial score (nSPS) is 48.1. The Balaban J connectivity index is 2.12. The van der Waals surface area contributed by atoms with Crippen LogP contribution in [0.1, 0.15) is 19.3 Å². The van der Waals surface area contributed by atoms with E-state index in [-0.39, 0.29) is 23.8 Å². The van der Waals surface area contributed by atoms with Crippen molar-refractivity contribution in [3.8, 4) is 0 Å². The van der Waals surface area contributed by atoms with Gasteiger partial charge < -0.3 is 10.8 Å². The lowest BCUT2D eigenvalue weighted by molar-refractivity contribution is -0.124. The van der Waals surface area contributed by atoms with E-state index >= 15 is 0 Å². The summed E-state index contributed by atoms with van der Waals surface area (Å²) < 4.78 is 0. The first-order valence-corrected chi connectivity index (χ1v) is 4.16. The summed E-state index contributed by atoms with van der Waals surface area (Å²) in [5.74, 6) is 0.477. The van der Waals surface area contributed by atoms with Crippen LogP contribution in [0.25, 0.3) is 0 Å². The molecular weight excluding hydrogens is 142 g/mol. The predicted molar refractivity (Wildman–Crippen MR) is 39.5 cm³/mol. The zero-order valence-corrected chi connectivity index (χ0v) is 6.36. The van der Waals surface area contributed by atoms with Crippen molar-refractivity contribution in [3.63, 3.8) is 0 Å². The van der Waals surface area contributed by atoms with Gasteiger partial charge in [-0.1, -0.05) is 0 Å². The van der Waals surface area contributed by atoms with Gasteiger partial charge in [0.05, 0.1) is 6.10 Å². The molecule has 2 rings (SSSR count). The summed E-state index contributed by atoms with van der Waals surface area (Å²) in [5, 5.41) is 9.43. The fourth-order valence-electron chi connectivity index (χ4n) is 2.64. The Kier molecular flexibility index (Phi) is 1.42. The van der Waals surface area contributed by atoms with Crippen molar-refractivity contribution in [1.82, 2.24) is 0 Å². The SMILES string of the molecule is NC(=O)[C@@H]1C[C@H]2C[C@@H]1[C@@H](O)C2. The molecule has 2 aliphatic rings. The standard InChI is InChI=1S/C8H13NO2/c9-8(11)6-2-4-1-5(6)7(10)3-4/h4-7,10H,1-3H2,(H2,9,11)/t4-,5+,6-,7+/m1/s1. The zero-order valence-electron chi connectivity index (χ0n) is 6.36. The largest absolute Gasteiger partial charge is 0.393 e. The van der Waals surface area contributed by atoms with E-state index in [0.717, 1.165) is 19.3 Å². The molecule has 62 valence electrons. The van der Waals surface area contributed by atoms with Gasteiger partial charge in [0, 0.05) is 5.92 Å². The van der Waals surface area contributed by atoms with Gasteiger partial charge in [-0.3, -0.25) is 4.79 Å². The van der Waals surface area contributed by atoms with Gasteiger partial charge in [-0.25, -0.2) is 0 Å². The highest BCUT2D eigenvalue weighted by molar-refractivity contribution is 5.77. The maximum absolute atomic E-state index is 10.8. The van der Waals surface area contributed by atoms with E-state index in [4.69, 9.17) is 5.73 Å². The number of fused-ring (bicyclic) bond motifs is 2. The highest BCUT2D eigenvalue weighted by atomic mass is 16.3. The minimum Gasteiger partial charge on any atom is -0.393 e.